The minimum absolute atomic E-state index is 0.331. The fraction of sp³-hybridized carbons (Fsp3) is 0.818. The number of ether oxygens (including phenoxy) is 1. The van der Waals surface area contributed by atoms with Crippen molar-refractivity contribution in [2.75, 3.05) is 7.11 Å². The van der Waals surface area contributed by atoms with Gasteiger partial charge in [-0.05, 0) is 39.0 Å². The summed E-state index contributed by atoms with van der Waals surface area (Å²) >= 11 is 0. The standard InChI is InChI=1S/C11H23NO/c1-4-5-6-7-11(12)9-8-10(2)13-3/h4,10-11H,1,5-9,12H2,2-3H3. The van der Waals surface area contributed by atoms with E-state index in [0.717, 1.165) is 32.1 Å². The lowest BCUT2D eigenvalue weighted by Gasteiger charge is -2.13. The number of hydrogen-bond donors (Lipinski definition) is 1. The molecule has 0 aliphatic rings. The van der Waals surface area contributed by atoms with Gasteiger partial charge in [0.1, 0.15) is 0 Å². The van der Waals surface area contributed by atoms with E-state index in [0.29, 0.717) is 12.1 Å². The summed E-state index contributed by atoms with van der Waals surface area (Å²) in [5, 5.41) is 0. The molecule has 78 valence electrons. The molecule has 0 aromatic rings. The second-order valence-corrected chi connectivity index (χ2v) is 3.60. The van der Waals surface area contributed by atoms with E-state index in [1.807, 2.05) is 6.08 Å². The van der Waals surface area contributed by atoms with Crippen molar-refractivity contribution in [2.24, 2.45) is 5.73 Å². The van der Waals surface area contributed by atoms with Crippen molar-refractivity contribution >= 4 is 0 Å². The second kappa shape index (κ2) is 8.27. The molecule has 2 atom stereocenters. The maximum atomic E-state index is 5.93. The molecule has 0 saturated carbocycles. The monoisotopic (exact) mass is 185 g/mol. The highest BCUT2D eigenvalue weighted by molar-refractivity contribution is 4.69. The van der Waals surface area contributed by atoms with Crippen LogP contribution in [0.15, 0.2) is 12.7 Å². The molecule has 0 spiro atoms. The lowest BCUT2D eigenvalue weighted by molar-refractivity contribution is 0.107. The summed E-state index contributed by atoms with van der Waals surface area (Å²) in [5.41, 5.74) is 5.93. The Balaban J connectivity index is 3.28. The predicted octanol–water partition coefficient (Wildman–Crippen LogP) is 2.49. The van der Waals surface area contributed by atoms with Crippen molar-refractivity contribution in [3.8, 4) is 0 Å². The zero-order valence-electron chi connectivity index (χ0n) is 8.96. The van der Waals surface area contributed by atoms with Crippen LogP contribution >= 0.6 is 0 Å². The van der Waals surface area contributed by atoms with Crippen molar-refractivity contribution in [1.82, 2.24) is 0 Å². The van der Waals surface area contributed by atoms with Gasteiger partial charge < -0.3 is 10.5 Å². The Bertz CT molecular complexity index is 125. The fourth-order valence-corrected chi connectivity index (χ4v) is 1.24. The van der Waals surface area contributed by atoms with Crippen LogP contribution in [-0.4, -0.2) is 19.3 Å². The van der Waals surface area contributed by atoms with Gasteiger partial charge in [-0.2, -0.15) is 0 Å². The molecule has 0 rings (SSSR count). The average Bonchev–Trinajstić information content (AvgIpc) is 2.14. The first-order chi connectivity index (χ1) is 6.20. The number of nitrogens with two attached hydrogens (primary N) is 1. The SMILES string of the molecule is C=CCCCC(N)CCC(C)OC. The predicted molar refractivity (Wildman–Crippen MR) is 57.7 cm³/mol. The number of unbranched alkanes of at least 4 members (excludes halogenated alkanes) is 1. The third-order valence-corrected chi connectivity index (χ3v) is 2.33. The molecule has 0 aliphatic heterocycles. The number of allylic oxidation sites excluding steroid dienone is 1. The van der Waals surface area contributed by atoms with Gasteiger partial charge in [0.15, 0.2) is 0 Å². The quantitative estimate of drug-likeness (QED) is 0.466. The Kier molecular flexibility index (Phi) is 8.05. The van der Waals surface area contributed by atoms with Gasteiger partial charge in [-0.25, -0.2) is 0 Å². The lowest BCUT2D eigenvalue weighted by Crippen LogP contribution is -2.21. The largest absolute Gasteiger partial charge is 0.382 e. The molecular weight excluding hydrogens is 162 g/mol. The molecular formula is C11H23NO. The molecule has 2 unspecified atom stereocenters. The van der Waals surface area contributed by atoms with Gasteiger partial charge in [-0.15, -0.1) is 6.58 Å². The molecule has 0 aromatic carbocycles. The third-order valence-electron chi connectivity index (χ3n) is 2.33. The van der Waals surface area contributed by atoms with Gasteiger partial charge in [-0.1, -0.05) is 6.08 Å². The number of hydrogen-bond acceptors (Lipinski definition) is 2. The summed E-state index contributed by atoms with van der Waals surface area (Å²) in [7, 11) is 1.74. The first-order valence-corrected chi connectivity index (χ1v) is 5.10. The maximum absolute atomic E-state index is 5.93. The highest BCUT2D eigenvalue weighted by Gasteiger charge is 2.05. The molecule has 2 N–H and O–H groups in total. The molecule has 0 aliphatic carbocycles. The normalized spacial score (nSPS) is 15.3. The van der Waals surface area contributed by atoms with Crippen LogP contribution in [-0.2, 0) is 4.74 Å². The zero-order chi connectivity index (χ0) is 10.1. The number of rotatable bonds is 8. The van der Waals surface area contributed by atoms with Crippen LogP contribution in [0.25, 0.3) is 0 Å². The first-order valence-electron chi connectivity index (χ1n) is 5.10. The Morgan fingerprint density at radius 1 is 1.38 bits per heavy atom. The molecule has 0 saturated heterocycles. The molecule has 0 fully saturated rings. The van der Waals surface area contributed by atoms with Crippen molar-refractivity contribution in [1.29, 1.82) is 0 Å². The fourth-order valence-electron chi connectivity index (χ4n) is 1.24. The van der Waals surface area contributed by atoms with E-state index in [2.05, 4.69) is 13.5 Å². The summed E-state index contributed by atoms with van der Waals surface area (Å²) in [5.74, 6) is 0. The highest BCUT2D eigenvalue weighted by Crippen LogP contribution is 2.08. The third kappa shape index (κ3) is 8.00. The molecule has 0 heterocycles. The van der Waals surface area contributed by atoms with Gasteiger partial charge >= 0.3 is 0 Å². The van der Waals surface area contributed by atoms with E-state index in [-0.39, 0.29) is 0 Å². The van der Waals surface area contributed by atoms with Crippen molar-refractivity contribution in [3.05, 3.63) is 12.7 Å². The molecule has 0 radical (unpaired) electrons. The molecule has 2 heteroatoms. The molecule has 0 amide bonds. The van der Waals surface area contributed by atoms with Gasteiger partial charge in [-0.3, -0.25) is 0 Å². The van der Waals surface area contributed by atoms with Crippen LogP contribution in [0.4, 0.5) is 0 Å². The van der Waals surface area contributed by atoms with E-state index < -0.39 is 0 Å². The van der Waals surface area contributed by atoms with Gasteiger partial charge in [0.05, 0.1) is 6.10 Å². The topological polar surface area (TPSA) is 35.2 Å². The van der Waals surface area contributed by atoms with Crippen LogP contribution < -0.4 is 5.73 Å². The maximum Gasteiger partial charge on any atom is 0.0543 e. The van der Waals surface area contributed by atoms with Crippen LogP contribution in [0.5, 0.6) is 0 Å². The van der Waals surface area contributed by atoms with Crippen LogP contribution in [0.2, 0.25) is 0 Å². The van der Waals surface area contributed by atoms with E-state index in [9.17, 15) is 0 Å². The van der Waals surface area contributed by atoms with E-state index in [1.165, 1.54) is 0 Å². The summed E-state index contributed by atoms with van der Waals surface area (Å²) < 4.78 is 5.15. The number of methoxy groups -OCH3 is 1. The van der Waals surface area contributed by atoms with Crippen LogP contribution in [0.3, 0.4) is 0 Å². The van der Waals surface area contributed by atoms with E-state index in [1.54, 1.807) is 7.11 Å². The summed E-state index contributed by atoms with van der Waals surface area (Å²) in [6.07, 6.45) is 7.75. The Labute approximate surface area is 82.2 Å². The second-order valence-electron chi connectivity index (χ2n) is 3.60. The van der Waals surface area contributed by atoms with Gasteiger partial charge in [0.2, 0.25) is 0 Å². The minimum atomic E-state index is 0.331. The van der Waals surface area contributed by atoms with Crippen LogP contribution in [0, 0.1) is 0 Å². The highest BCUT2D eigenvalue weighted by atomic mass is 16.5. The Morgan fingerprint density at radius 2 is 2.08 bits per heavy atom. The van der Waals surface area contributed by atoms with Crippen molar-refractivity contribution in [2.45, 2.75) is 51.2 Å². The summed E-state index contributed by atoms with van der Waals surface area (Å²) in [4.78, 5) is 0. The van der Waals surface area contributed by atoms with E-state index in [4.69, 9.17) is 10.5 Å². The summed E-state index contributed by atoms with van der Waals surface area (Å²) in [6.45, 7) is 5.76. The molecule has 2 nitrogen and oxygen atoms in total. The minimum Gasteiger partial charge on any atom is -0.382 e. The zero-order valence-corrected chi connectivity index (χ0v) is 8.96. The Hall–Kier alpha value is -0.340. The average molecular weight is 185 g/mol. The summed E-state index contributed by atoms with van der Waals surface area (Å²) in [6, 6.07) is 0.331. The van der Waals surface area contributed by atoms with Crippen LogP contribution in [0.1, 0.15) is 39.0 Å². The van der Waals surface area contributed by atoms with Crippen molar-refractivity contribution < 1.29 is 4.74 Å². The van der Waals surface area contributed by atoms with Crippen molar-refractivity contribution in [3.63, 3.8) is 0 Å². The first kappa shape index (κ1) is 12.7. The van der Waals surface area contributed by atoms with Gasteiger partial charge in [0.25, 0.3) is 0 Å². The smallest absolute Gasteiger partial charge is 0.0543 e. The molecule has 0 aromatic heterocycles. The molecule has 0 bridgehead atoms. The lowest BCUT2D eigenvalue weighted by atomic mass is 10.0. The van der Waals surface area contributed by atoms with Gasteiger partial charge in [0, 0.05) is 13.2 Å². The van der Waals surface area contributed by atoms with E-state index >= 15 is 0 Å². The Morgan fingerprint density at radius 3 is 2.62 bits per heavy atom. The molecule has 13 heavy (non-hydrogen) atoms.